The Morgan fingerprint density at radius 1 is 1.06 bits per heavy atom. The SMILES string of the molecule is CCOC(=O)c1ccc(Cn2c(=O)oc3cc(S(=O)(=O)N4CCCCCC4)ccc32)o1. The lowest BCUT2D eigenvalue weighted by atomic mass is 10.2. The number of hydrogen-bond donors (Lipinski definition) is 0. The van der Waals surface area contributed by atoms with Crippen molar-refractivity contribution in [2.45, 2.75) is 44.0 Å². The number of esters is 1. The lowest BCUT2D eigenvalue weighted by Crippen LogP contribution is -2.31. The molecule has 31 heavy (non-hydrogen) atoms. The molecule has 0 amide bonds. The lowest BCUT2D eigenvalue weighted by molar-refractivity contribution is 0.0488. The second kappa shape index (κ2) is 8.72. The van der Waals surface area contributed by atoms with Crippen LogP contribution in [0.4, 0.5) is 0 Å². The van der Waals surface area contributed by atoms with Crippen LogP contribution in [0.15, 0.2) is 48.9 Å². The average Bonchev–Trinajstić information content (AvgIpc) is 3.21. The molecule has 10 heteroatoms. The number of oxazole rings is 1. The molecular formula is C21H24N2O7S. The van der Waals surface area contributed by atoms with Gasteiger partial charge in [0.1, 0.15) is 5.76 Å². The van der Waals surface area contributed by atoms with Crippen LogP contribution in [0, 0.1) is 0 Å². The molecule has 1 aliphatic heterocycles. The first-order chi connectivity index (χ1) is 14.9. The van der Waals surface area contributed by atoms with Crippen molar-refractivity contribution < 1.29 is 26.8 Å². The Kier molecular flexibility index (Phi) is 6.01. The Bertz CT molecular complexity index is 1240. The molecule has 1 saturated heterocycles. The number of hydrogen-bond acceptors (Lipinski definition) is 7. The highest BCUT2D eigenvalue weighted by atomic mass is 32.2. The van der Waals surface area contributed by atoms with Gasteiger partial charge in [0.2, 0.25) is 15.8 Å². The highest BCUT2D eigenvalue weighted by Gasteiger charge is 2.26. The summed E-state index contributed by atoms with van der Waals surface area (Å²) < 4.78 is 44.5. The van der Waals surface area contributed by atoms with Crippen LogP contribution in [0.1, 0.15) is 48.9 Å². The van der Waals surface area contributed by atoms with Crippen LogP contribution >= 0.6 is 0 Å². The maximum absolute atomic E-state index is 13.0. The van der Waals surface area contributed by atoms with E-state index in [4.69, 9.17) is 13.6 Å². The Morgan fingerprint density at radius 2 is 1.81 bits per heavy atom. The third kappa shape index (κ3) is 4.31. The van der Waals surface area contributed by atoms with Crippen LogP contribution < -0.4 is 5.76 Å². The highest BCUT2D eigenvalue weighted by Crippen LogP contribution is 2.24. The normalized spacial score (nSPS) is 15.8. The van der Waals surface area contributed by atoms with E-state index in [2.05, 4.69) is 0 Å². The van der Waals surface area contributed by atoms with Gasteiger partial charge >= 0.3 is 11.7 Å². The maximum Gasteiger partial charge on any atom is 0.420 e. The predicted molar refractivity (Wildman–Crippen MR) is 111 cm³/mol. The number of carbonyl (C=O) groups excluding carboxylic acids is 1. The molecular weight excluding hydrogens is 424 g/mol. The van der Waals surface area contributed by atoms with E-state index in [0.717, 1.165) is 25.7 Å². The first-order valence-corrected chi connectivity index (χ1v) is 11.7. The number of nitrogens with zero attached hydrogens (tertiary/aromatic N) is 2. The Morgan fingerprint density at radius 3 is 2.52 bits per heavy atom. The van der Waals surface area contributed by atoms with Crippen molar-refractivity contribution in [2.24, 2.45) is 0 Å². The monoisotopic (exact) mass is 448 g/mol. The smallest absolute Gasteiger partial charge is 0.420 e. The second-order valence-electron chi connectivity index (χ2n) is 7.39. The number of fused-ring (bicyclic) bond motifs is 1. The standard InChI is InChI=1S/C21H24N2O7S/c1-2-28-20(24)18-10-7-15(29-18)14-23-17-9-8-16(13-19(17)30-21(23)25)31(26,27)22-11-5-3-4-6-12-22/h7-10,13H,2-6,11-12,14H2,1H3. The Balaban J connectivity index is 1.62. The quantitative estimate of drug-likeness (QED) is 0.533. The van der Waals surface area contributed by atoms with Gasteiger partial charge in [-0.15, -0.1) is 0 Å². The number of aromatic nitrogens is 1. The van der Waals surface area contributed by atoms with Crippen molar-refractivity contribution >= 4 is 27.1 Å². The fraction of sp³-hybridized carbons (Fsp3) is 0.429. The van der Waals surface area contributed by atoms with Crippen LogP contribution in [0.3, 0.4) is 0 Å². The van der Waals surface area contributed by atoms with E-state index in [0.29, 0.717) is 24.4 Å². The second-order valence-corrected chi connectivity index (χ2v) is 9.33. The fourth-order valence-electron chi connectivity index (χ4n) is 3.72. The van der Waals surface area contributed by atoms with Gasteiger partial charge in [-0.2, -0.15) is 4.31 Å². The number of furan rings is 1. The van der Waals surface area contributed by atoms with Crippen LogP contribution in [-0.2, 0) is 21.3 Å². The lowest BCUT2D eigenvalue weighted by Gasteiger charge is -2.19. The van der Waals surface area contributed by atoms with E-state index >= 15 is 0 Å². The summed E-state index contributed by atoms with van der Waals surface area (Å²) in [6.07, 6.45) is 3.72. The molecule has 0 unspecified atom stereocenters. The molecule has 4 rings (SSSR count). The van der Waals surface area contributed by atoms with Gasteiger partial charge in [0.15, 0.2) is 5.58 Å². The fourth-order valence-corrected chi connectivity index (χ4v) is 5.25. The van der Waals surface area contributed by atoms with Gasteiger partial charge in [-0.25, -0.2) is 18.0 Å². The molecule has 1 aromatic carbocycles. The zero-order valence-electron chi connectivity index (χ0n) is 17.2. The summed E-state index contributed by atoms with van der Waals surface area (Å²) in [4.78, 5) is 24.3. The molecule has 3 heterocycles. The predicted octanol–water partition coefficient (Wildman–Crippen LogP) is 2.98. The summed E-state index contributed by atoms with van der Waals surface area (Å²) >= 11 is 0. The summed E-state index contributed by atoms with van der Waals surface area (Å²) in [6.45, 7) is 2.94. The summed E-state index contributed by atoms with van der Waals surface area (Å²) in [5.74, 6) is -0.812. The number of rotatable bonds is 6. The van der Waals surface area contributed by atoms with Gasteiger partial charge in [0, 0.05) is 19.2 Å². The third-order valence-corrected chi connectivity index (χ3v) is 7.19. The van der Waals surface area contributed by atoms with E-state index < -0.39 is 21.7 Å². The topological polar surface area (TPSA) is 112 Å². The molecule has 0 radical (unpaired) electrons. The molecule has 1 fully saturated rings. The number of ether oxygens (including phenoxy) is 1. The third-order valence-electron chi connectivity index (χ3n) is 5.29. The Hall–Kier alpha value is -2.85. The summed E-state index contributed by atoms with van der Waals surface area (Å²) in [5, 5.41) is 0. The first-order valence-electron chi connectivity index (χ1n) is 10.3. The van der Waals surface area contributed by atoms with E-state index in [1.54, 1.807) is 19.1 Å². The van der Waals surface area contributed by atoms with E-state index in [1.165, 1.54) is 27.1 Å². The van der Waals surface area contributed by atoms with Gasteiger partial charge in [0.25, 0.3) is 0 Å². The zero-order valence-corrected chi connectivity index (χ0v) is 18.0. The maximum atomic E-state index is 13.0. The molecule has 1 aliphatic rings. The Labute approximate surface area is 179 Å². The van der Waals surface area contributed by atoms with Gasteiger partial charge in [-0.1, -0.05) is 12.8 Å². The number of carbonyl (C=O) groups is 1. The molecule has 0 saturated carbocycles. The highest BCUT2D eigenvalue weighted by molar-refractivity contribution is 7.89. The minimum absolute atomic E-state index is 0.0312. The van der Waals surface area contributed by atoms with Gasteiger partial charge < -0.3 is 13.6 Å². The molecule has 3 aromatic rings. The van der Waals surface area contributed by atoms with E-state index in [1.807, 2.05) is 0 Å². The molecule has 0 N–H and O–H groups in total. The van der Waals surface area contributed by atoms with Crippen molar-refractivity contribution in [1.29, 1.82) is 0 Å². The van der Waals surface area contributed by atoms with E-state index in [-0.39, 0.29) is 29.4 Å². The summed E-state index contributed by atoms with van der Waals surface area (Å²) in [6, 6.07) is 7.49. The average molecular weight is 448 g/mol. The molecule has 0 atom stereocenters. The number of benzene rings is 1. The molecule has 9 nitrogen and oxygen atoms in total. The molecule has 0 aliphatic carbocycles. The molecule has 2 aromatic heterocycles. The van der Waals surface area contributed by atoms with Gasteiger partial charge in [-0.05, 0) is 44.0 Å². The van der Waals surface area contributed by atoms with Crippen LogP contribution in [-0.4, -0.2) is 43.0 Å². The van der Waals surface area contributed by atoms with Gasteiger partial charge in [-0.3, -0.25) is 4.57 Å². The molecule has 0 bridgehead atoms. The largest absolute Gasteiger partial charge is 0.460 e. The zero-order chi connectivity index (χ0) is 22.0. The summed E-state index contributed by atoms with van der Waals surface area (Å²) in [7, 11) is -3.66. The van der Waals surface area contributed by atoms with Crippen molar-refractivity contribution in [3.63, 3.8) is 0 Å². The van der Waals surface area contributed by atoms with Crippen LogP contribution in [0.2, 0.25) is 0 Å². The van der Waals surface area contributed by atoms with Crippen LogP contribution in [0.5, 0.6) is 0 Å². The van der Waals surface area contributed by atoms with E-state index in [9.17, 15) is 18.0 Å². The number of sulfonamides is 1. The minimum atomic E-state index is -3.66. The van der Waals surface area contributed by atoms with Crippen molar-refractivity contribution in [2.75, 3.05) is 19.7 Å². The van der Waals surface area contributed by atoms with Crippen molar-refractivity contribution in [1.82, 2.24) is 8.87 Å². The van der Waals surface area contributed by atoms with Crippen LogP contribution in [0.25, 0.3) is 11.1 Å². The minimum Gasteiger partial charge on any atom is -0.460 e. The van der Waals surface area contributed by atoms with Crippen molar-refractivity contribution in [3.05, 3.63) is 52.4 Å². The van der Waals surface area contributed by atoms with Crippen molar-refractivity contribution in [3.8, 4) is 0 Å². The van der Waals surface area contributed by atoms with Gasteiger partial charge in [0.05, 0.1) is 23.6 Å². The molecule has 166 valence electrons. The summed E-state index contributed by atoms with van der Waals surface area (Å²) in [5.41, 5.74) is 0.618. The first kappa shape index (κ1) is 21.4. The molecule has 0 spiro atoms.